The summed E-state index contributed by atoms with van der Waals surface area (Å²) in [7, 11) is 0. The van der Waals surface area contributed by atoms with E-state index < -0.39 is 0 Å². The summed E-state index contributed by atoms with van der Waals surface area (Å²) in [6.45, 7) is 5.20. The van der Waals surface area contributed by atoms with Gasteiger partial charge in [0.25, 0.3) is 0 Å². The molecule has 0 fully saturated rings. The average molecular weight is 189 g/mol. The molecule has 0 bridgehead atoms. The zero-order valence-corrected chi connectivity index (χ0v) is 8.54. The van der Waals surface area contributed by atoms with Crippen LogP contribution >= 0.6 is 0 Å². The minimum Gasteiger partial charge on any atom is -0.310 e. The maximum absolute atomic E-state index is 3.99. The van der Waals surface area contributed by atoms with Gasteiger partial charge < -0.3 is 5.32 Å². The Labute approximate surface area is 83.5 Å². The highest BCUT2D eigenvalue weighted by Crippen LogP contribution is 2.12. The third-order valence-electron chi connectivity index (χ3n) is 2.22. The minimum atomic E-state index is 0.521. The van der Waals surface area contributed by atoms with Crippen molar-refractivity contribution in [2.75, 3.05) is 0 Å². The zero-order chi connectivity index (χ0) is 9.97. The molecule has 0 spiro atoms. The van der Waals surface area contributed by atoms with E-state index in [9.17, 15) is 0 Å². The lowest BCUT2D eigenvalue weighted by Gasteiger charge is -2.07. The van der Waals surface area contributed by atoms with E-state index in [-0.39, 0.29) is 0 Å². The Hall–Kier alpha value is -1.35. The highest BCUT2D eigenvalue weighted by molar-refractivity contribution is 5.78. The van der Waals surface area contributed by atoms with Crippen molar-refractivity contribution < 1.29 is 0 Å². The third-order valence-corrected chi connectivity index (χ3v) is 2.22. The van der Waals surface area contributed by atoms with Gasteiger partial charge in [0.05, 0.1) is 11.7 Å². The van der Waals surface area contributed by atoms with E-state index in [1.807, 2.05) is 6.20 Å². The van der Waals surface area contributed by atoms with Gasteiger partial charge in [0.2, 0.25) is 0 Å². The van der Waals surface area contributed by atoms with Crippen LogP contribution in [0, 0.1) is 0 Å². The predicted octanol–water partition coefficient (Wildman–Crippen LogP) is 2.06. The molecule has 14 heavy (non-hydrogen) atoms. The van der Waals surface area contributed by atoms with Crippen molar-refractivity contribution in [3.05, 3.63) is 30.0 Å². The Bertz CT molecular complexity index is 417. The van der Waals surface area contributed by atoms with Crippen molar-refractivity contribution >= 4 is 10.9 Å². The first-order valence-corrected chi connectivity index (χ1v) is 4.91. The van der Waals surface area contributed by atoms with Crippen molar-refractivity contribution in [1.82, 2.24) is 15.5 Å². The number of nitrogens with zero attached hydrogens (tertiary/aromatic N) is 1. The number of hydrogen-bond donors (Lipinski definition) is 2. The highest BCUT2D eigenvalue weighted by Gasteiger charge is 1.98. The largest absolute Gasteiger partial charge is 0.310 e. The molecule has 0 aliphatic rings. The first-order chi connectivity index (χ1) is 6.75. The smallest absolute Gasteiger partial charge is 0.0653 e. The van der Waals surface area contributed by atoms with E-state index in [2.05, 4.69) is 47.6 Å². The Morgan fingerprint density at radius 2 is 2.29 bits per heavy atom. The molecule has 0 amide bonds. The molecule has 2 aromatic rings. The quantitative estimate of drug-likeness (QED) is 0.776. The summed E-state index contributed by atoms with van der Waals surface area (Å²) in [4.78, 5) is 0. The predicted molar refractivity (Wildman–Crippen MR) is 58.1 cm³/mol. The zero-order valence-electron chi connectivity index (χ0n) is 8.54. The first-order valence-electron chi connectivity index (χ1n) is 4.91. The fraction of sp³-hybridized carbons (Fsp3) is 0.364. The van der Waals surface area contributed by atoms with Crippen molar-refractivity contribution in [3.8, 4) is 0 Å². The fourth-order valence-electron chi connectivity index (χ4n) is 1.42. The van der Waals surface area contributed by atoms with Crippen LogP contribution in [-0.2, 0) is 6.54 Å². The first kappa shape index (κ1) is 9.21. The molecule has 0 saturated heterocycles. The molecule has 1 aromatic carbocycles. The summed E-state index contributed by atoms with van der Waals surface area (Å²) in [5.41, 5.74) is 2.39. The van der Waals surface area contributed by atoms with Gasteiger partial charge in [-0.1, -0.05) is 26.0 Å². The Morgan fingerprint density at radius 3 is 3.07 bits per heavy atom. The molecule has 0 unspecified atom stereocenters. The molecule has 0 radical (unpaired) electrons. The topological polar surface area (TPSA) is 40.7 Å². The van der Waals surface area contributed by atoms with Gasteiger partial charge in [-0.15, -0.1) is 0 Å². The minimum absolute atomic E-state index is 0.521. The number of fused-ring (bicyclic) bond motifs is 1. The normalized spacial score (nSPS) is 11.4. The Kier molecular flexibility index (Phi) is 2.50. The van der Waals surface area contributed by atoms with E-state index >= 15 is 0 Å². The van der Waals surface area contributed by atoms with Gasteiger partial charge in [-0.25, -0.2) is 0 Å². The van der Waals surface area contributed by atoms with E-state index in [0.29, 0.717) is 6.04 Å². The van der Waals surface area contributed by atoms with Gasteiger partial charge in [0, 0.05) is 18.0 Å². The van der Waals surface area contributed by atoms with Crippen molar-refractivity contribution in [2.24, 2.45) is 0 Å². The number of aromatic nitrogens is 2. The number of H-pyrrole nitrogens is 1. The van der Waals surface area contributed by atoms with Crippen LogP contribution in [0.3, 0.4) is 0 Å². The lowest BCUT2D eigenvalue weighted by molar-refractivity contribution is 0.589. The summed E-state index contributed by atoms with van der Waals surface area (Å²) in [6.07, 6.45) is 1.84. The number of nitrogens with one attached hydrogen (secondary N) is 2. The van der Waals surface area contributed by atoms with Gasteiger partial charge in [-0.3, -0.25) is 5.10 Å². The molecule has 2 N–H and O–H groups in total. The Morgan fingerprint density at radius 1 is 1.43 bits per heavy atom. The second-order valence-corrected chi connectivity index (χ2v) is 3.83. The summed E-state index contributed by atoms with van der Waals surface area (Å²) in [6, 6.07) is 6.88. The van der Waals surface area contributed by atoms with Crippen LogP contribution in [0.1, 0.15) is 19.4 Å². The van der Waals surface area contributed by atoms with Crippen LogP contribution in [0.2, 0.25) is 0 Å². The summed E-state index contributed by atoms with van der Waals surface area (Å²) < 4.78 is 0. The third kappa shape index (κ3) is 1.93. The van der Waals surface area contributed by atoms with Gasteiger partial charge in [-0.2, -0.15) is 5.10 Å². The van der Waals surface area contributed by atoms with E-state index in [4.69, 9.17) is 0 Å². The van der Waals surface area contributed by atoms with Crippen LogP contribution in [0.25, 0.3) is 10.9 Å². The average Bonchev–Trinajstić information content (AvgIpc) is 2.61. The standard InChI is InChI=1S/C11H15N3/c1-8(2)12-6-9-3-4-10-7-13-14-11(10)5-9/h3-5,7-8,12H,6H2,1-2H3,(H,13,14). The molecular formula is C11H15N3. The second-order valence-electron chi connectivity index (χ2n) is 3.83. The molecule has 2 rings (SSSR count). The van der Waals surface area contributed by atoms with Gasteiger partial charge in [0.1, 0.15) is 0 Å². The molecule has 0 aliphatic carbocycles. The number of rotatable bonds is 3. The summed E-state index contributed by atoms with van der Waals surface area (Å²) >= 11 is 0. The molecule has 0 atom stereocenters. The maximum atomic E-state index is 3.99. The lowest BCUT2D eigenvalue weighted by Crippen LogP contribution is -2.21. The lowest BCUT2D eigenvalue weighted by atomic mass is 10.1. The number of aromatic amines is 1. The number of hydrogen-bond acceptors (Lipinski definition) is 2. The molecule has 1 heterocycles. The van der Waals surface area contributed by atoms with Crippen LogP contribution in [0.4, 0.5) is 0 Å². The molecular weight excluding hydrogens is 174 g/mol. The van der Waals surface area contributed by atoms with E-state index in [0.717, 1.165) is 12.1 Å². The van der Waals surface area contributed by atoms with Crippen molar-refractivity contribution in [2.45, 2.75) is 26.4 Å². The second kappa shape index (κ2) is 3.80. The van der Waals surface area contributed by atoms with Crippen LogP contribution in [-0.4, -0.2) is 16.2 Å². The molecule has 3 heteroatoms. The monoisotopic (exact) mass is 189 g/mol. The fourth-order valence-corrected chi connectivity index (χ4v) is 1.42. The van der Waals surface area contributed by atoms with Gasteiger partial charge in [-0.05, 0) is 11.6 Å². The van der Waals surface area contributed by atoms with Crippen LogP contribution < -0.4 is 5.32 Å². The molecule has 74 valence electrons. The molecule has 0 saturated carbocycles. The highest BCUT2D eigenvalue weighted by atomic mass is 15.1. The molecule has 0 aliphatic heterocycles. The Balaban J connectivity index is 2.17. The van der Waals surface area contributed by atoms with Crippen molar-refractivity contribution in [3.63, 3.8) is 0 Å². The van der Waals surface area contributed by atoms with Gasteiger partial charge in [0.15, 0.2) is 0 Å². The van der Waals surface area contributed by atoms with E-state index in [1.165, 1.54) is 10.9 Å². The van der Waals surface area contributed by atoms with Crippen LogP contribution in [0.5, 0.6) is 0 Å². The van der Waals surface area contributed by atoms with E-state index in [1.54, 1.807) is 0 Å². The number of benzene rings is 1. The van der Waals surface area contributed by atoms with Gasteiger partial charge >= 0.3 is 0 Å². The summed E-state index contributed by atoms with van der Waals surface area (Å²) in [5.74, 6) is 0. The van der Waals surface area contributed by atoms with Crippen LogP contribution in [0.15, 0.2) is 24.4 Å². The molecule has 3 nitrogen and oxygen atoms in total. The SMILES string of the molecule is CC(C)NCc1ccc2cn[nH]c2c1. The molecule has 1 aromatic heterocycles. The van der Waals surface area contributed by atoms with Crippen molar-refractivity contribution in [1.29, 1.82) is 0 Å². The maximum Gasteiger partial charge on any atom is 0.0653 e. The summed E-state index contributed by atoms with van der Waals surface area (Å²) in [5, 5.41) is 11.5.